The molecule has 1 saturated heterocycles. The minimum absolute atomic E-state index is 0.0952. The monoisotopic (exact) mass is 381 g/mol. The summed E-state index contributed by atoms with van der Waals surface area (Å²) in [6, 6.07) is 0.480. The molecule has 0 bridgehead atoms. The lowest BCUT2D eigenvalue weighted by atomic mass is 9.93. The molecule has 1 fully saturated rings. The van der Waals surface area contributed by atoms with Gasteiger partial charge in [-0.15, -0.1) is 11.3 Å². The number of nitrogens with one attached hydrogen (secondary N) is 2. The summed E-state index contributed by atoms with van der Waals surface area (Å²) in [6.45, 7) is 14.2. The van der Waals surface area contributed by atoms with Crippen LogP contribution in [0.25, 0.3) is 0 Å². The molecule has 1 aliphatic heterocycles. The van der Waals surface area contributed by atoms with Gasteiger partial charge in [-0.1, -0.05) is 20.8 Å². The van der Waals surface area contributed by atoms with Crippen molar-refractivity contribution >= 4 is 17.3 Å². The molecule has 148 valence electrons. The van der Waals surface area contributed by atoms with E-state index in [2.05, 4.69) is 48.6 Å². The molecule has 0 aliphatic carbocycles. The number of nitrogens with zero attached hydrogens (tertiary/aromatic N) is 3. The second-order valence-corrected chi connectivity index (χ2v) is 8.77. The first-order chi connectivity index (χ1) is 12.4. The fourth-order valence-corrected chi connectivity index (χ4v) is 3.85. The Morgan fingerprint density at radius 1 is 1.38 bits per heavy atom. The van der Waals surface area contributed by atoms with Crippen LogP contribution < -0.4 is 10.6 Å². The highest BCUT2D eigenvalue weighted by atomic mass is 32.1. The summed E-state index contributed by atoms with van der Waals surface area (Å²) in [5.74, 6) is 0.898. The number of likely N-dealkylation sites (tertiary alicyclic amines) is 1. The first kappa shape index (κ1) is 21.1. The number of aliphatic imine (C=N–C) groups is 1. The molecule has 6 nitrogen and oxygen atoms in total. The van der Waals surface area contributed by atoms with E-state index in [0.29, 0.717) is 12.6 Å². The maximum Gasteiger partial charge on any atom is 0.191 e. The van der Waals surface area contributed by atoms with E-state index in [9.17, 15) is 0 Å². The quantitative estimate of drug-likeness (QED) is 0.562. The lowest BCUT2D eigenvalue weighted by molar-refractivity contribution is 0.128. The van der Waals surface area contributed by atoms with Crippen molar-refractivity contribution in [2.45, 2.75) is 58.5 Å². The van der Waals surface area contributed by atoms with Crippen molar-refractivity contribution in [1.82, 2.24) is 20.5 Å². The van der Waals surface area contributed by atoms with E-state index in [1.165, 1.54) is 0 Å². The van der Waals surface area contributed by atoms with Crippen molar-refractivity contribution < 1.29 is 4.74 Å². The Labute approximate surface area is 162 Å². The molecule has 2 heterocycles. The largest absolute Gasteiger partial charge is 0.383 e. The van der Waals surface area contributed by atoms with Crippen molar-refractivity contribution in [1.29, 1.82) is 0 Å². The van der Waals surface area contributed by atoms with Gasteiger partial charge in [-0.25, -0.2) is 9.98 Å². The minimum Gasteiger partial charge on any atom is -0.383 e. The van der Waals surface area contributed by atoms with E-state index in [-0.39, 0.29) is 5.41 Å². The molecule has 0 atom stereocenters. The molecule has 2 rings (SSSR count). The van der Waals surface area contributed by atoms with Gasteiger partial charge >= 0.3 is 0 Å². The second kappa shape index (κ2) is 10.2. The Kier molecular flexibility index (Phi) is 8.31. The maximum atomic E-state index is 5.17. The molecular weight excluding hydrogens is 346 g/mol. The summed E-state index contributed by atoms with van der Waals surface area (Å²) in [6.07, 6.45) is 2.28. The van der Waals surface area contributed by atoms with Crippen LogP contribution in [0.15, 0.2) is 10.4 Å². The van der Waals surface area contributed by atoms with Gasteiger partial charge in [0.2, 0.25) is 0 Å². The average Bonchev–Trinajstić information content (AvgIpc) is 3.09. The molecule has 0 amide bonds. The standard InChI is InChI=1S/C19H35N5OS/c1-6-20-18(21-13-17-23-16(14-26-17)19(2,3)4)22-15-7-9-24(10-8-15)11-12-25-5/h14-15H,6-13H2,1-5H3,(H2,20,21,22). The molecule has 1 aromatic rings. The highest BCUT2D eigenvalue weighted by Crippen LogP contribution is 2.24. The third-order valence-corrected chi connectivity index (χ3v) is 5.41. The van der Waals surface area contributed by atoms with Gasteiger partial charge in [-0.2, -0.15) is 0 Å². The molecule has 7 heteroatoms. The molecule has 0 spiro atoms. The highest BCUT2D eigenvalue weighted by Gasteiger charge is 2.20. The minimum atomic E-state index is 0.0952. The summed E-state index contributed by atoms with van der Waals surface area (Å²) >= 11 is 1.70. The number of methoxy groups -OCH3 is 1. The van der Waals surface area contributed by atoms with Crippen LogP contribution in [0, 0.1) is 0 Å². The SMILES string of the molecule is CCNC(=NCc1nc(C(C)(C)C)cs1)NC1CCN(CCOC)CC1. The number of piperidine rings is 1. The first-order valence-corrected chi connectivity index (χ1v) is 10.5. The number of hydrogen-bond acceptors (Lipinski definition) is 5. The Balaban J connectivity index is 1.86. The van der Waals surface area contributed by atoms with Crippen LogP contribution in [0.1, 0.15) is 51.2 Å². The normalized spacial score (nSPS) is 17.5. The number of ether oxygens (including phenoxy) is 1. The van der Waals surface area contributed by atoms with Gasteiger partial charge in [0, 0.05) is 50.1 Å². The molecule has 1 aliphatic rings. The zero-order valence-electron chi connectivity index (χ0n) is 17.0. The van der Waals surface area contributed by atoms with Crippen LogP contribution in [-0.2, 0) is 16.7 Å². The summed E-state index contributed by atoms with van der Waals surface area (Å²) in [4.78, 5) is 12.0. The first-order valence-electron chi connectivity index (χ1n) is 9.63. The number of rotatable bonds is 7. The van der Waals surface area contributed by atoms with Crippen LogP contribution in [-0.4, -0.2) is 61.8 Å². The molecule has 0 aromatic carbocycles. The number of thiazole rings is 1. The number of guanidine groups is 1. The third-order valence-electron chi connectivity index (χ3n) is 4.58. The van der Waals surface area contributed by atoms with E-state index in [4.69, 9.17) is 14.7 Å². The van der Waals surface area contributed by atoms with Crippen molar-refractivity contribution in [2.24, 2.45) is 4.99 Å². The van der Waals surface area contributed by atoms with E-state index in [1.807, 2.05) is 0 Å². The molecule has 0 unspecified atom stereocenters. The van der Waals surface area contributed by atoms with Crippen LogP contribution in [0.2, 0.25) is 0 Å². The maximum absolute atomic E-state index is 5.17. The van der Waals surface area contributed by atoms with Crippen LogP contribution >= 0.6 is 11.3 Å². The van der Waals surface area contributed by atoms with Crippen molar-refractivity contribution in [2.75, 3.05) is 39.9 Å². The number of aromatic nitrogens is 1. The zero-order chi connectivity index (χ0) is 19.0. The van der Waals surface area contributed by atoms with Gasteiger partial charge in [-0.05, 0) is 19.8 Å². The van der Waals surface area contributed by atoms with E-state index >= 15 is 0 Å². The molecular formula is C19H35N5OS. The third kappa shape index (κ3) is 6.85. The van der Waals surface area contributed by atoms with E-state index < -0.39 is 0 Å². The van der Waals surface area contributed by atoms with Crippen LogP contribution in [0.5, 0.6) is 0 Å². The average molecular weight is 382 g/mol. The van der Waals surface area contributed by atoms with Crippen LogP contribution in [0.3, 0.4) is 0 Å². The summed E-state index contributed by atoms with van der Waals surface area (Å²) < 4.78 is 5.17. The van der Waals surface area contributed by atoms with Gasteiger partial charge < -0.3 is 20.3 Å². The summed E-state index contributed by atoms with van der Waals surface area (Å²) in [5.41, 5.74) is 1.24. The van der Waals surface area contributed by atoms with Gasteiger partial charge in [0.25, 0.3) is 0 Å². The fourth-order valence-electron chi connectivity index (χ4n) is 2.91. The van der Waals surface area contributed by atoms with E-state index in [0.717, 1.165) is 62.3 Å². The number of hydrogen-bond donors (Lipinski definition) is 2. The van der Waals surface area contributed by atoms with Gasteiger partial charge in [0.15, 0.2) is 5.96 Å². The smallest absolute Gasteiger partial charge is 0.191 e. The molecule has 2 N–H and O–H groups in total. The Morgan fingerprint density at radius 2 is 2.12 bits per heavy atom. The lowest BCUT2D eigenvalue weighted by Crippen LogP contribution is -2.49. The molecule has 0 radical (unpaired) electrons. The topological polar surface area (TPSA) is 61.8 Å². The zero-order valence-corrected chi connectivity index (χ0v) is 17.8. The predicted octanol–water partition coefficient (Wildman–Crippen LogP) is 2.61. The van der Waals surface area contributed by atoms with Gasteiger partial charge in [0.05, 0.1) is 18.8 Å². The van der Waals surface area contributed by atoms with Crippen LogP contribution in [0.4, 0.5) is 0 Å². The summed E-state index contributed by atoms with van der Waals surface area (Å²) in [7, 11) is 1.76. The van der Waals surface area contributed by atoms with Gasteiger partial charge in [-0.3, -0.25) is 0 Å². The molecule has 0 saturated carbocycles. The Bertz CT molecular complexity index is 559. The fraction of sp³-hybridized carbons (Fsp3) is 0.789. The Morgan fingerprint density at radius 3 is 2.69 bits per heavy atom. The molecule has 1 aromatic heterocycles. The Hall–Kier alpha value is -1.18. The predicted molar refractivity (Wildman–Crippen MR) is 110 cm³/mol. The van der Waals surface area contributed by atoms with Gasteiger partial charge in [0.1, 0.15) is 5.01 Å². The van der Waals surface area contributed by atoms with Crippen molar-refractivity contribution in [3.05, 3.63) is 16.1 Å². The highest BCUT2D eigenvalue weighted by molar-refractivity contribution is 7.09. The van der Waals surface area contributed by atoms with E-state index in [1.54, 1.807) is 18.4 Å². The second-order valence-electron chi connectivity index (χ2n) is 7.82. The van der Waals surface area contributed by atoms with Crippen molar-refractivity contribution in [3.8, 4) is 0 Å². The van der Waals surface area contributed by atoms with Crippen molar-refractivity contribution in [3.63, 3.8) is 0 Å². The molecule has 26 heavy (non-hydrogen) atoms. The summed E-state index contributed by atoms with van der Waals surface area (Å²) in [5, 5.41) is 10.2. The lowest BCUT2D eigenvalue weighted by Gasteiger charge is -2.32.